The number of carbonyl (C=O) groups is 1. The van der Waals surface area contributed by atoms with Crippen LogP contribution in [-0.4, -0.2) is 32.4 Å². The van der Waals surface area contributed by atoms with E-state index in [1.54, 1.807) is 18.2 Å². The first-order valence-corrected chi connectivity index (χ1v) is 8.57. The summed E-state index contributed by atoms with van der Waals surface area (Å²) in [5, 5.41) is 1.83. The standard InChI is InChI=1S/C21H20F3NO4/c1-13(2)29-19-11-14(6-10-18(19)28-4)5-7-15-8-9-16(27-3)12-17(15)25-20(26)21(22,23)24/h6,8-13H,1-4H3,(H,25,26). The molecule has 1 amide bonds. The summed E-state index contributed by atoms with van der Waals surface area (Å²) in [6, 6.07) is 9.32. The average Bonchev–Trinajstić information content (AvgIpc) is 2.65. The van der Waals surface area contributed by atoms with Gasteiger partial charge in [0.2, 0.25) is 0 Å². The maximum Gasteiger partial charge on any atom is 0.471 e. The molecule has 2 rings (SSSR count). The van der Waals surface area contributed by atoms with Gasteiger partial charge in [0.05, 0.1) is 26.0 Å². The molecular weight excluding hydrogens is 387 g/mol. The van der Waals surface area contributed by atoms with Crippen LogP contribution >= 0.6 is 0 Å². The number of ether oxygens (including phenoxy) is 3. The summed E-state index contributed by atoms with van der Waals surface area (Å²) in [6.45, 7) is 3.73. The van der Waals surface area contributed by atoms with E-state index >= 15 is 0 Å². The van der Waals surface area contributed by atoms with Gasteiger partial charge in [0.25, 0.3) is 0 Å². The van der Waals surface area contributed by atoms with Gasteiger partial charge in [0.15, 0.2) is 11.5 Å². The fraction of sp³-hybridized carbons (Fsp3) is 0.286. The Morgan fingerprint density at radius 1 is 1.00 bits per heavy atom. The summed E-state index contributed by atoms with van der Waals surface area (Å²) in [5.74, 6) is 4.85. The molecule has 0 radical (unpaired) electrons. The Balaban J connectivity index is 2.40. The predicted octanol–water partition coefficient (Wildman–Crippen LogP) is 4.39. The van der Waals surface area contributed by atoms with Gasteiger partial charge in [-0.2, -0.15) is 13.2 Å². The van der Waals surface area contributed by atoms with Gasteiger partial charge in [-0.15, -0.1) is 0 Å². The van der Waals surface area contributed by atoms with E-state index in [4.69, 9.17) is 14.2 Å². The largest absolute Gasteiger partial charge is 0.497 e. The van der Waals surface area contributed by atoms with Crippen LogP contribution in [0.15, 0.2) is 36.4 Å². The first-order valence-electron chi connectivity index (χ1n) is 8.57. The lowest BCUT2D eigenvalue weighted by atomic mass is 10.1. The number of rotatable bonds is 5. The van der Waals surface area contributed by atoms with Crippen LogP contribution in [0.25, 0.3) is 0 Å². The molecule has 0 saturated carbocycles. The summed E-state index contributed by atoms with van der Waals surface area (Å²) in [5.41, 5.74) is 0.655. The molecule has 0 aliphatic carbocycles. The highest BCUT2D eigenvalue weighted by molar-refractivity contribution is 5.96. The number of methoxy groups -OCH3 is 2. The van der Waals surface area contributed by atoms with E-state index < -0.39 is 12.1 Å². The highest BCUT2D eigenvalue weighted by Gasteiger charge is 2.39. The fourth-order valence-corrected chi connectivity index (χ4v) is 2.30. The lowest BCUT2D eigenvalue weighted by Gasteiger charge is -2.13. The Morgan fingerprint density at radius 3 is 2.31 bits per heavy atom. The third kappa shape index (κ3) is 6.07. The van der Waals surface area contributed by atoms with Gasteiger partial charge in [-0.3, -0.25) is 4.79 Å². The topological polar surface area (TPSA) is 56.8 Å². The summed E-state index contributed by atoms with van der Waals surface area (Å²) >= 11 is 0. The van der Waals surface area contributed by atoms with Crippen molar-refractivity contribution in [2.75, 3.05) is 19.5 Å². The van der Waals surface area contributed by atoms with Gasteiger partial charge in [0, 0.05) is 17.2 Å². The number of carbonyl (C=O) groups excluding carboxylic acids is 1. The van der Waals surface area contributed by atoms with Crippen molar-refractivity contribution in [2.24, 2.45) is 0 Å². The molecule has 0 fully saturated rings. The van der Waals surface area contributed by atoms with Crippen LogP contribution in [0, 0.1) is 11.8 Å². The number of hydrogen-bond acceptors (Lipinski definition) is 4. The van der Waals surface area contributed by atoms with E-state index in [1.165, 1.54) is 32.4 Å². The summed E-state index contributed by atoms with van der Waals surface area (Å²) < 4.78 is 53.8. The van der Waals surface area contributed by atoms with Crippen LogP contribution in [0.5, 0.6) is 17.2 Å². The third-order valence-electron chi connectivity index (χ3n) is 3.60. The molecule has 0 saturated heterocycles. The quantitative estimate of drug-likeness (QED) is 0.747. The smallest absolute Gasteiger partial charge is 0.471 e. The minimum absolute atomic E-state index is 0.0853. The molecule has 0 unspecified atom stereocenters. The monoisotopic (exact) mass is 407 g/mol. The highest BCUT2D eigenvalue weighted by Crippen LogP contribution is 2.29. The Kier molecular flexibility index (Phi) is 6.99. The summed E-state index contributed by atoms with van der Waals surface area (Å²) in [7, 11) is 2.88. The zero-order chi connectivity index (χ0) is 21.6. The van der Waals surface area contributed by atoms with Crippen LogP contribution in [0.1, 0.15) is 25.0 Å². The second-order valence-electron chi connectivity index (χ2n) is 6.15. The van der Waals surface area contributed by atoms with Gasteiger partial charge in [-0.25, -0.2) is 0 Å². The summed E-state index contributed by atoms with van der Waals surface area (Å²) in [4.78, 5) is 11.3. The van der Waals surface area contributed by atoms with Gasteiger partial charge in [-0.1, -0.05) is 11.8 Å². The molecule has 5 nitrogen and oxygen atoms in total. The average molecular weight is 407 g/mol. The first kappa shape index (κ1) is 22.0. The van der Waals surface area contributed by atoms with Crippen LogP contribution < -0.4 is 19.5 Å². The van der Waals surface area contributed by atoms with E-state index in [2.05, 4.69) is 11.8 Å². The van der Waals surface area contributed by atoms with Crippen LogP contribution in [0.3, 0.4) is 0 Å². The van der Waals surface area contributed by atoms with Gasteiger partial charge in [0.1, 0.15) is 5.75 Å². The Morgan fingerprint density at radius 2 is 1.72 bits per heavy atom. The molecule has 0 aliphatic heterocycles. The van der Waals surface area contributed by atoms with Crippen LogP contribution in [0.2, 0.25) is 0 Å². The molecule has 0 heterocycles. The number of benzene rings is 2. The number of alkyl halides is 3. The molecule has 8 heteroatoms. The first-order chi connectivity index (χ1) is 13.6. The molecule has 2 aromatic rings. The van der Waals surface area contributed by atoms with Gasteiger partial charge in [-0.05, 0) is 44.2 Å². The maximum atomic E-state index is 12.6. The second-order valence-corrected chi connectivity index (χ2v) is 6.15. The van der Waals surface area contributed by atoms with E-state index in [9.17, 15) is 18.0 Å². The van der Waals surface area contributed by atoms with Crippen molar-refractivity contribution in [3.8, 4) is 29.1 Å². The lowest BCUT2D eigenvalue weighted by Crippen LogP contribution is -2.30. The van der Waals surface area contributed by atoms with Crippen molar-refractivity contribution >= 4 is 11.6 Å². The third-order valence-corrected chi connectivity index (χ3v) is 3.60. The second kappa shape index (κ2) is 9.24. The number of halogens is 3. The van der Waals surface area contributed by atoms with Crippen molar-refractivity contribution in [2.45, 2.75) is 26.1 Å². The molecule has 0 bridgehead atoms. The van der Waals surface area contributed by atoms with Gasteiger partial charge >= 0.3 is 12.1 Å². The van der Waals surface area contributed by atoms with Crippen molar-refractivity contribution in [3.63, 3.8) is 0 Å². The highest BCUT2D eigenvalue weighted by atomic mass is 19.4. The molecule has 0 aliphatic rings. The van der Waals surface area contributed by atoms with Crippen LogP contribution in [0.4, 0.5) is 18.9 Å². The maximum absolute atomic E-state index is 12.6. The number of anilines is 1. The zero-order valence-corrected chi connectivity index (χ0v) is 16.3. The molecule has 2 aromatic carbocycles. The molecule has 0 atom stereocenters. The number of amides is 1. The minimum atomic E-state index is -5.02. The number of hydrogen-bond donors (Lipinski definition) is 1. The molecular formula is C21H20F3NO4. The van der Waals surface area contributed by atoms with Crippen molar-refractivity contribution in [1.29, 1.82) is 0 Å². The molecule has 1 N–H and O–H groups in total. The van der Waals surface area contributed by atoms with E-state index in [1.807, 2.05) is 19.2 Å². The van der Waals surface area contributed by atoms with Crippen molar-refractivity contribution in [3.05, 3.63) is 47.5 Å². The predicted molar refractivity (Wildman–Crippen MR) is 102 cm³/mol. The fourth-order valence-electron chi connectivity index (χ4n) is 2.30. The Hall–Kier alpha value is -3.34. The normalized spacial score (nSPS) is 10.8. The van der Waals surface area contributed by atoms with Crippen molar-refractivity contribution in [1.82, 2.24) is 0 Å². The Bertz CT molecular complexity index is 943. The lowest BCUT2D eigenvalue weighted by molar-refractivity contribution is -0.167. The Labute approximate surface area is 166 Å². The molecule has 0 spiro atoms. The molecule has 154 valence electrons. The summed E-state index contributed by atoms with van der Waals surface area (Å²) in [6.07, 6.45) is -5.11. The zero-order valence-electron chi connectivity index (χ0n) is 16.3. The van der Waals surface area contributed by atoms with E-state index in [0.717, 1.165) is 0 Å². The minimum Gasteiger partial charge on any atom is -0.497 e. The SMILES string of the molecule is COc1ccc(C#Cc2ccc(OC)c(OC(C)C)c2)c(NC(=O)C(F)(F)F)c1. The molecule has 0 aromatic heterocycles. The van der Waals surface area contributed by atoms with Crippen molar-refractivity contribution < 1.29 is 32.2 Å². The van der Waals surface area contributed by atoms with Crippen LogP contribution in [-0.2, 0) is 4.79 Å². The van der Waals surface area contributed by atoms with Gasteiger partial charge < -0.3 is 19.5 Å². The molecule has 29 heavy (non-hydrogen) atoms. The van der Waals surface area contributed by atoms with E-state index in [-0.39, 0.29) is 23.1 Å². The number of nitrogens with one attached hydrogen (secondary N) is 1. The van der Waals surface area contributed by atoms with E-state index in [0.29, 0.717) is 17.1 Å².